The number of fused-ring (bicyclic) bond motifs is 2. The number of hydrogen-bond donors (Lipinski definition) is 1. The van der Waals surface area contributed by atoms with E-state index in [4.69, 9.17) is 0 Å². The van der Waals surface area contributed by atoms with Gasteiger partial charge in [-0.25, -0.2) is 4.79 Å². The van der Waals surface area contributed by atoms with Crippen molar-refractivity contribution in [1.82, 2.24) is 9.13 Å². The summed E-state index contributed by atoms with van der Waals surface area (Å²) >= 11 is 1.41. The van der Waals surface area contributed by atoms with Gasteiger partial charge < -0.3 is 5.11 Å². The van der Waals surface area contributed by atoms with Crippen LogP contribution >= 0.6 is 11.3 Å². The first-order valence-corrected chi connectivity index (χ1v) is 9.28. The van der Waals surface area contributed by atoms with Crippen molar-refractivity contribution in [1.29, 1.82) is 0 Å². The molecule has 0 spiro atoms. The summed E-state index contributed by atoms with van der Waals surface area (Å²) in [5.74, 6) is 0. The molecule has 0 atom stereocenters. The van der Waals surface area contributed by atoms with E-state index in [9.17, 15) is 14.7 Å². The molecule has 0 unspecified atom stereocenters. The number of thiophene rings is 1. The highest BCUT2D eigenvalue weighted by atomic mass is 32.1. The standard InChI is InChI=1S/C20H18N2O3S/c1-13-12-26-19-17(13)18(24)21(8-9-23)20(25)22(19)11-14-6-7-15-4-2-3-5-16(15)10-14/h2-7,10,12,23H,8-9,11H2,1H3. The molecule has 2 aromatic heterocycles. The van der Waals surface area contributed by atoms with Crippen molar-refractivity contribution in [3.63, 3.8) is 0 Å². The Morgan fingerprint density at radius 3 is 2.58 bits per heavy atom. The molecule has 132 valence electrons. The van der Waals surface area contributed by atoms with Crippen LogP contribution in [0.5, 0.6) is 0 Å². The smallest absolute Gasteiger partial charge is 0.332 e. The van der Waals surface area contributed by atoms with E-state index in [2.05, 4.69) is 6.07 Å². The van der Waals surface area contributed by atoms with E-state index in [1.807, 2.05) is 48.7 Å². The lowest BCUT2D eigenvalue weighted by atomic mass is 10.1. The summed E-state index contributed by atoms with van der Waals surface area (Å²) in [6.45, 7) is 2.00. The number of aryl methyl sites for hydroxylation is 1. The van der Waals surface area contributed by atoms with Gasteiger partial charge in [-0.1, -0.05) is 36.4 Å². The van der Waals surface area contributed by atoms with Gasteiger partial charge in [-0.15, -0.1) is 11.3 Å². The van der Waals surface area contributed by atoms with E-state index in [1.165, 1.54) is 11.3 Å². The highest BCUT2D eigenvalue weighted by molar-refractivity contribution is 7.17. The summed E-state index contributed by atoms with van der Waals surface area (Å²) in [6.07, 6.45) is 0. The average Bonchev–Trinajstić information content (AvgIpc) is 3.04. The van der Waals surface area contributed by atoms with E-state index in [1.54, 1.807) is 4.57 Å². The van der Waals surface area contributed by atoms with Crippen LogP contribution in [0.25, 0.3) is 21.0 Å². The zero-order valence-electron chi connectivity index (χ0n) is 14.3. The zero-order chi connectivity index (χ0) is 18.3. The van der Waals surface area contributed by atoms with Crippen molar-refractivity contribution in [2.75, 3.05) is 6.61 Å². The molecule has 5 nitrogen and oxygen atoms in total. The van der Waals surface area contributed by atoms with E-state index >= 15 is 0 Å². The van der Waals surface area contributed by atoms with Gasteiger partial charge in [0.1, 0.15) is 4.83 Å². The Labute approximate surface area is 153 Å². The Balaban J connectivity index is 1.92. The lowest BCUT2D eigenvalue weighted by Crippen LogP contribution is -2.40. The number of rotatable bonds is 4. The first-order valence-electron chi connectivity index (χ1n) is 8.40. The molecule has 6 heteroatoms. The van der Waals surface area contributed by atoms with E-state index in [0.717, 1.165) is 26.5 Å². The van der Waals surface area contributed by atoms with Gasteiger partial charge in [0.25, 0.3) is 5.56 Å². The molecule has 0 aliphatic heterocycles. The maximum Gasteiger partial charge on any atom is 0.332 e. The molecule has 4 aromatic rings. The summed E-state index contributed by atoms with van der Waals surface area (Å²) in [4.78, 5) is 26.2. The maximum atomic E-state index is 12.9. The minimum atomic E-state index is -0.383. The molecular weight excluding hydrogens is 348 g/mol. The van der Waals surface area contributed by atoms with E-state index in [-0.39, 0.29) is 24.4 Å². The van der Waals surface area contributed by atoms with Gasteiger partial charge >= 0.3 is 5.69 Å². The number of aliphatic hydroxyl groups is 1. The van der Waals surface area contributed by atoms with Crippen LogP contribution in [-0.2, 0) is 13.1 Å². The molecule has 0 fully saturated rings. The number of benzene rings is 2. The Kier molecular flexibility index (Phi) is 4.22. The highest BCUT2D eigenvalue weighted by Gasteiger charge is 2.16. The van der Waals surface area contributed by atoms with Crippen molar-refractivity contribution >= 4 is 32.3 Å². The molecule has 26 heavy (non-hydrogen) atoms. The summed E-state index contributed by atoms with van der Waals surface area (Å²) < 4.78 is 2.76. The SMILES string of the molecule is Cc1csc2c1c(=O)n(CCO)c(=O)n2Cc1ccc2ccccc2c1. The van der Waals surface area contributed by atoms with Gasteiger partial charge in [0.15, 0.2) is 0 Å². The first kappa shape index (κ1) is 16.8. The predicted octanol–water partition coefficient (Wildman–Crippen LogP) is 2.73. The van der Waals surface area contributed by atoms with Gasteiger partial charge in [-0.05, 0) is 40.3 Å². The van der Waals surface area contributed by atoms with E-state index in [0.29, 0.717) is 16.8 Å². The summed E-state index contributed by atoms with van der Waals surface area (Å²) in [7, 11) is 0. The summed E-state index contributed by atoms with van der Waals surface area (Å²) in [5.41, 5.74) is 1.14. The molecule has 2 heterocycles. The molecule has 1 N–H and O–H groups in total. The number of hydrogen-bond acceptors (Lipinski definition) is 4. The second-order valence-electron chi connectivity index (χ2n) is 6.33. The Morgan fingerprint density at radius 2 is 1.81 bits per heavy atom. The quantitative estimate of drug-likeness (QED) is 0.604. The van der Waals surface area contributed by atoms with Gasteiger partial charge in [-0.3, -0.25) is 13.9 Å². The monoisotopic (exact) mass is 366 g/mol. The number of nitrogens with zero attached hydrogens (tertiary/aromatic N) is 2. The fourth-order valence-electron chi connectivity index (χ4n) is 3.30. The number of aliphatic hydroxyl groups excluding tert-OH is 1. The first-order chi connectivity index (χ1) is 12.6. The number of aromatic nitrogens is 2. The van der Waals surface area contributed by atoms with Crippen molar-refractivity contribution in [2.24, 2.45) is 0 Å². The van der Waals surface area contributed by atoms with E-state index < -0.39 is 0 Å². The van der Waals surface area contributed by atoms with Crippen LogP contribution in [-0.4, -0.2) is 20.8 Å². The Hall–Kier alpha value is -2.70. The van der Waals surface area contributed by atoms with Crippen LogP contribution in [0, 0.1) is 6.92 Å². The normalized spacial score (nSPS) is 11.5. The van der Waals surface area contributed by atoms with Gasteiger partial charge in [0, 0.05) is 0 Å². The Morgan fingerprint density at radius 1 is 1.04 bits per heavy atom. The van der Waals surface area contributed by atoms with Crippen LogP contribution in [0.3, 0.4) is 0 Å². The van der Waals surface area contributed by atoms with Gasteiger partial charge in [0.2, 0.25) is 0 Å². The third-order valence-electron chi connectivity index (χ3n) is 4.60. The van der Waals surface area contributed by atoms with Crippen LogP contribution in [0.4, 0.5) is 0 Å². The minimum absolute atomic E-state index is 0.000609. The zero-order valence-corrected chi connectivity index (χ0v) is 15.1. The molecule has 0 aliphatic carbocycles. The van der Waals surface area contributed by atoms with Crippen LogP contribution in [0.2, 0.25) is 0 Å². The van der Waals surface area contributed by atoms with Crippen LogP contribution in [0.15, 0.2) is 57.4 Å². The molecular formula is C20H18N2O3S. The van der Waals surface area contributed by atoms with Crippen molar-refractivity contribution < 1.29 is 5.11 Å². The Bertz CT molecular complexity index is 1230. The van der Waals surface area contributed by atoms with Gasteiger partial charge in [0.05, 0.1) is 25.1 Å². The summed E-state index contributed by atoms with van der Waals surface area (Å²) in [6, 6.07) is 14.2. The molecule has 2 aromatic carbocycles. The van der Waals surface area contributed by atoms with Crippen LogP contribution in [0.1, 0.15) is 11.1 Å². The fraction of sp³-hybridized carbons (Fsp3) is 0.200. The van der Waals surface area contributed by atoms with Crippen LogP contribution < -0.4 is 11.2 Å². The second-order valence-corrected chi connectivity index (χ2v) is 7.19. The maximum absolute atomic E-state index is 12.9. The lowest BCUT2D eigenvalue weighted by molar-refractivity contribution is 0.270. The van der Waals surface area contributed by atoms with Crippen molar-refractivity contribution in [2.45, 2.75) is 20.0 Å². The van der Waals surface area contributed by atoms with Crippen molar-refractivity contribution in [3.05, 3.63) is 79.8 Å². The topological polar surface area (TPSA) is 64.2 Å². The molecule has 0 amide bonds. The van der Waals surface area contributed by atoms with Crippen molar-refractivity contribution in [3.8, 4) is 0 Å². The molecule has 0 saturated carbocycles. The molecule has 0 aliphatic rings. The fourth-order valence-corrected chi connectivity index (χ4v) is 4.34. The second kappa shape index (κ2) is 6.55. The predicted molar refractivity (Wildman–Crippen MR) is 105 cm³/mol. The third kappa shape index (κ3) is 2.67. The minimum Gasteiger partial charge on any atom is -0.395 e. The third-order valence-corrected chi connectivity index (χ3v) is 5.72. The molecule has 0 radical (unpaired) electrons. The molecule has 4 rings (SSSR count). The lowest BCUT2D eigenvalue weighted by Gasteiger charge is -2.12. The largest absolute Gasteiger partial charge is 0.395 e. The molecule has 0 bridgehead atoms. The molecule has 0 saturated heterocycles. The summed E-state index contributed by atoms with van der Waals surface area (Å²) in [5, 5.41) is 14.0. The highest BCUT2D eigenvalue weighted by Crippen LogP contribution is 2.23. The average molecular weight is 366 g/mol. The van der Waals surface area contributed by atoms with Gasteiger partial charge in [-0.2, -0.15) is 0 Å².